The van der Waals surface area contributed by atoms with E-state index in [0.29, 0.717) is 17.9 Å². The average molecular weight is 549 g/mol. The van der Waals surface area contributed by atoms with Gasteiger partial charge in [-0.1, -0.05) is 0 Å². The van der Waals surface area contributed by atoms with Crippen molar-refractivity contribution in [3.63, 3.8) is 0 Å². The third-order valence-electron chi connectivity index (χ3n) is 2.91. The summed E-state index contributed by atoms with van der Waals surface area (Å²) in [5, 5.41) is 0. The lowest BCUT2D eigenvalue weighted by Gasteiger charge is -2.12. The Balaban J connectivity index is 2.45. The molecule has 21 heavy (non-hydrogen) atoms. The molecule has 0 saturated carbocycles. The molecule has 0 spiro atoms. The molecule has 10 heteroatoms. The van der Waals surface area contributed by atoms with Crippen LogP contribution >= 0.6 is 63.7 Å². The quantitative estimate of drug-likeness (QED) is 0.152. The number of carbonyl (C=O) groups excluding carboxylic acids is 3. The van der Waals surface area contributed by atoms with E-state index in [9.17, 15) is 14.4 Å². The van der Waals surface area contributed by atoms with Crippen molar-refractivity contribution in [2.45, 2.75) is 6.42 Å². The Labute approximate surface area is 153 Å². The van der Waals surface area contributed by atoms with Gasteiger partial charge in [0.05, 0.1) is 11.1 Å². The highest BCUT2D eigenvalue weighted by Gasteiger charge is 2.40. The van der Waals surface area contributed by atoms with Gasteiger partial charge in [-0.15, -0.1) is 0 Å². The van der Waals surface area contributed by atoms with E-state index in [1.807, 2.05) is 5.43 Å². The maximum atomic E-state index is 12.4. The van der Waals surface area contributed by atoms with Crippen LogP contribution in [0, 0.1) is 0 Å². The van der Waals surface area contributed by atoms with E-state index in [0.717, 1.165) is 4.90 Å². The molecule has 0 saturated heterocycles. The topological polar surface area (TPSA) is 92.5 Å². The highest BCUT2D eigenvalue weighted by atomic mass is 79.9. The van der Waals surface area contributed by atoms with Gasteiger partial charge in [0.25, 0.3) is 11.8 Å². The van der Waals surface area contributed by atoms with E-state index >= 15 is 0 Å². The number of nitrogens with one attached hydrogen (secondary N) is 1. The number of rotatable bonds is 3. The number of nitrogens with zero attached hydrogens (tertiary/aromatic N) is 1. The number of hydrazine groups is 1. The van der Waals surface area contributed by atoms with Crippen molar-refractivity contribution in [1.29, 1.82) is 0 Å². The normalized spacial score (nSPS) is 13.7. The molecule has 0 radical (unpaired) electrons. The Hall–Kier alpha value is -0.290. The fourth-order valence-electron chi connectivity index (χ4n) is 1.88. The van der Waals surface area contributed by atoms with Crippen LogP contribution in [-0.4, -0.2) is 29.2 Å². The van der Waals surface area contributed by atoms with Gasteiger partial charge in [-0.2, -0.15) is 0 Å². The van der Waals surface area contributed by atoms with Crippen LogP contribution in [0.15, 0.2) is 17.9 Å². The van der Waals surface area contributed by atoms with Gasteiger partial charge in [0.1, 0.15) is 0 Å². The zero-order valence-electron chi connectivity index (χ0n) is 10.2. The summed E-state index contributed by atoms with van der Waals surface area (Å²) in [7, 11) is 0. The molecular formula is C11H7Br4N3O3. The first-order chi connectivity index (χ1) is 9.81. The summed E-state index contributed by atoms with van der Waals surface area (Å²) in [5.74, 6) is 3.62. The van der Waals surface area contributed by atoms with Gasteiger partial charge in [-0.25, -0.2) is 5.84 Å². The summed E-state index contributed by atoms with van der Waals surface area (Å²) in [6, 6.07) is 0. The van der Waals surface area contributed by atoms with Crippen molar-refractivity contribution in [3.8, 4) is 0 Å². The third kappa shape index (κ3) is 2.83. The second kappa shape index (κ2) is 6.45. The molecule has 0 atom stereocenters. The van der Waals surface area contributed by atoms with Gasteiger partial charge >= 0.3 is 0 Å². The smallest absolute Gasteiger partial charge is 0.262 e. The molecule has 112 valence electrons. The molecule has 0 aliphatic carbocycles. The van der Waals surface area contributed by atoms with Crippen molar-refractivity contribution in [3.05, 3.63) is 29.0 Å². The van der Waals surface area contributed by atoms with E-state index < -0.39 is 17.7 Å². The number of imide groups is 1. The minimum Gasteiger partial charge on any atom is -0.294 e. The number of nitrogens with two attached hydrogens (primary N) is 1. The lowest BCUT2D eigenvalue weighted by molar-refractivity contribution is -0.121. The van der Waals surface area contributed by atoms with Crippen molar-refractivity contribution in [2.24, 2.45) is 5.84 Å². The SMILES string of the molecule is NNC(=O)CCN1C(=O)c2c(Br)c(Br)c(Br)c(Br)c2C1=O. The first-order valence-corrected chi connectivity index (χ1v) is 8.70. The molecule has 1 aliphatic heterocycles. The second-order valence-corrected chi connectivity index (χ2v) is 7.26. The number of hydrogen-bond donors (Lipinski definition) is 2. The summed E-state index contributed by atoms with van der Waals surface area (Å²) >= 11 is 13.3. The molecule has 1 aromatic carbocycles. The van der Waals surface area contributed by atoms with Gasteiger partial charge in [-0.3, -0.25) is 24.7 Å². The van der Waals surface area contributed by atoms with Crippen LogP contribution in [0.5, 0.6) is 0 Å². The summed E-state index contributed by atoms with van der Waals surface area (Å²) in [4.78, 5) is 37.0. The Bertz CT molecular complexity index is 630. The van der Waals surface area contributed by atoms with Gasteiger partial charge in [-0.05, 0) is 63.7 Å². The summed E-state index contributed by atoms with van der Waals surface area (Å²) < 4.78 is 2.21. The first-order valence-electron chi connectivity index (χ1n) is 5.52. The van der Waals surface area contributed by atoms with Crippen LogP contribution in [-0.2, 0) is 4.79 Å². The lowest BCUT2D eigenvalue weighted by Crippen LogP contribution is -2.36. The predicted molar refractivity (Wildman–Crippen MR) is 89.6 cm³/mol. The second-order valence-electron chi connectivity index (χ2n) is 4.09. The summed E-state index contributed by atoms with van der Waals surface area (Å²) in [6.45, 7) is -0.0382. The standard InChI is InChI=1S/C11H7Br4N3O3/c12-6-4-5(7(13)9(15)8(6)14)11(21)18(10(4)20)2-1-3(19)17-16/h1-2,16H2,(H,17,19). The average Bonchev–Trinajstić information content (AvgIpc) is 2.71. The van der Waals surface area contributed by atoms with Crippen LogP contribution in [0.1, 0.15) is 27.1 Å². The van der Waals surface area contributed by atoms with Crippen LogP contribution in [0.4, 0.5) is 0 Å². The zero-order chi connectivity index (χ0) is 15.9. The predicted octanol–water partition coefficient (Wildman–Crippen LogP) is 2.71. The molecule has 0 aromatic heterocycles. The van der Waals surface area contributed by atoms with Crippen molar-refractivity contribution < 1.29 is 14.4 Å². The number of halogens is 4. The van der Waals surface area contributed by atoms with Crippen LogP contribution in [0.2, 0.25) is 0 Å². The van der Waals surface area contributed by atoms with Crippen molar-refractivity contribution in [2.75, 3.05) is 6.54 Å². The molecule has 1 aliphatic rings. The summed E-state index contributed by atoms with van der Waals surface area (Å²) in [5.41, 5.74) is 2.48. The fraction of sp³-hybridized carbons (Fsp3) is 0.182. The zero-order valence-corrected chi connectivity index (χ0v) is 16.5. The van der Waals surface area contributed by atoms with Gasteiger partial charge in [0.2, 0.25) is 5.91 Å². The van der Waals surface area contributed by atoms with E-state index in [1.54, 1.807) is 0 Å². The molecule has 1 heterocycles. The van der Waals surface area contributed by atoms with E-state index in [4.69, 9.17) is 5.84 Å². The number of carbonyl (C=O) groups is 3. The summed E-state index contributed by atoms with van der Waals surface area (Å²) in [6.07, 6.45) is -0.0560. The van der Waals surface area contributed by atoms with Crippen LogP contribution < -0.4 is 11.3 Å². The highest BCUT2D eigenvalue weighted by Crippen LogP contribution is 2.45. The van der Waals surface area contributed by atoms with E-state index in [1.165, 1.54) is 0 Å². The minimum absolute atomic E-state index is 0.0382. The Morgan fingerprint density at radius 1 is 0.952 bits per heavy atom. The third-order valence-corrected chi connectivity index (χ3v) is 7.68. The molecule has 0 fully saturated rings. The molecule has 6 nitrogen and oxygen atoms in total. The molecule has 3 N–H and O–H groups in total. The van der Waals surface area contributed by atoms with Crippen molar-refractivity contribution >= 4 is 81.4 Å². The Kier molecular flexibility index (Phi) is 5.24. The first kappa shape index (κ1) is 17.1. The number of benzene rings is 1. The monoisotopic (exact) mass is 545 g/mol. The molecule has 0 unspecified atom stereocenters. The van der Waals surface area contributed by atoms with E-state index in [-0.39, 0.29) is 24.1 Å². The lowest BCUT2D eigenvalue weighted by atomic mass is 10.1. The highest BCUT2D eigenvalue weighted by molar-refractivity contribution is 9.15. The Morgan fingerprint density at radius 2 is 1.38 bits per heavy atom. The molecule has 1 aromatic rings. The molecule has 2 rings (SSSR count). The van der Waals surface area contributed by atoms with Crippen molar-refractivity contribution in [1.82, 2.24) is 10.3 Å². The maximum Gasteiger partial charge on any atom is 0.262 e. The molecular weight excluding hydrogens is 542 g/mol. The maximum absolute atomic E-state index is 12.4. The van der Waals surface area contributed by atoms with Crippen LogP contribution in [0.25, 0.3) is 0 Å². The molecule has 3 amide bonds. The number of fused-ring (bicyclic) bond motifs is 1. The van der Waals surface area contributed by atoms with Crippen LogP contribution in [0.3, 0.4) is 0 Å². The van der Waals surface area contributed by atoms with Gasteiger partial charge in [0, 0.05) is 30.9 Å². The van der Waals surface area contributed by atoms with Gasteiger partial charge in [0.15, 0.2) is 0 Å². The minimum atomic E-state index is -0.458. The Morgan fingerprint density at radius 3 is 1.76 bits per heavy atom. The molecule has 0 bridgehead atoms. The van der Waals surface area contributed by atoms with E-state index in [2.05, 4.69) is 63.7 Å². The van der Waals surface area contributed by atoms with Gasteiger partial charge < -0.3 is 0 Å². The number of amides is 3. The fourth-order valence-corrected chi connectivity index (χ4v) is 4.34. The largest absolute Gasteiger partial charge is 0.294 e. The number of hydrogen-bond acceptors (Lipinski definition) is 4.